The molecule has 1 aromatic carbocycles. The minimum Gasteiger partial charge on any atom is -0.343 e. The molecule has 0 bridgehead atoms. The van der Waals surface area contributed by atoms with Crippen LogP contribution in [0.15, 0.2) is 48.8 Å². The van der Waals surface area contributed by atoms with E-state index in [0.717, 1.165) is 11.3 Å². The van der Waals surface area contributed by atoms with Gasteiger partial charge in [0.25, 0.3) is 5.91 Å². The van der Waals surface area contributed by atoms with Crippen LogP contribution in [-0.2, 0) is 4.79 Å². The number of nitrogens with one attached hydrogen (secondary N) is 1. The van der Waals surface area contributed by atoms with Crippen molar-refractivity contribution in [1.82, 2.24) is 20.2 Å². The van der Waals surface area contributed by atoms with Gasteiger partial charge in [0.1, 0.15) is 6.04 Å². The Morgan fingerprint density at radius 2 is 2.16 bits per heavy atom. The number of carbonyl (C=O) groups is 2. The summed E-state index contributed by atoms with van der Waals surface area (Å²) in [5.74, 6) is 0.418. The van der Waals surface area contributed by atoms with Gasteiger partial charge in [0.15, 0.2) is 0 Å². The lowest BCUT2D eigenvalue weighted by Crippen LogP contribution is -2.42. The highest BCUT2D eigenvalue weighted by atomic mass is 35.5. The molecule has 7 nitrogen and oxygen atoms in total. The Kier molecular flexibility index (Phi) is 6.58. The standard InChI is InChI=1S/C23H20ClN5O2S/c1-14(20-5-3-16(24)10-27-20)15-2-4-21-19(8-15)18(6-7-26-21)23(31)28-11-22(30)29-13-32-12-17(29)9-25/h2-8,10,14,17H,11-13H2,1H3,(H,28,31)/t14?,17-/m1/s1. The molecule has 1 fully saturated rings. The highest BCUT2D eigenvalue weighted by molar-refractivity contribution is 7.99. The van der Waals surface area contributed by atoms with Gasteiger partial charge < -0.3 is 10.2 Å². The Bertz CT molecular complexity index is 1210. The molecule has 0 saturated carbocycles. The molecule has 3 heterocycles. The normalized spacial score (nSPS) is 16.5. The van der Waals surface area contributed by atoms with Crippen LogP contribution >= 0.6 is 23.4 Å². The zero-order valence-electron chi connectivity index (χ0n) is 17.3. The first-order valence-corrected chi connectivity index (χ1v) is 11.6. The van der Waals surface area contributed by atoms with Crippen molar-refractivity contribution in [1.29, 1.82) is 5.26 Å². The Balaban J connectivity index is 1.55. The number of hydrogen-bond donors (Lipinski definition) is 1. The van der Waals surface area contributed by atoms with Gasteiger partial charge in [-0.1, -0.05) is 24.6 Å². The van der Waals surface area contributed by atoms with Crippen LogP contribution in [0.1, 0.15) is 34.5 Å². The number of benzene rings is 1. The molecule has 2 atom stereocenters. The number of thioether (sulfide) groups is 1. The van der Waals surface area contributed by atoms with E-state index in [0.29, 0.717) is 33.1 Å². The molecule has 1 saturated heterocycles. The molecular formula is C23H20ClN5O2S. The average molecular weight is 466 g/mol. The van der Waals surface area contributed by atoms with Gasteiger partial charge in [0.05, 0.1) is 34.6 Å². The first-order valence-electron chi connectivity index (χ1n) is 10.0. The van der Waals surface area contributed by atoms with E-state index in [9.17, 15) is 9.59 Å². The first kappa shape index (κ1) is 22.1. The summed E-state index contributed by atoms with van der Waals surface area (Å²) in [6.07, 6.45) is 3.19. The fourth-order valence-corrected chi connectivity index (χ4v) is 4.81. The highest BCUT2D eigenvalue weighted by Crippen LogP contribution is 2.27. The van der Waals surface area contributed by atoms with E-state index in [1.165, 1.54) is 16.7 Å². The zero-order valence-corrected chi connectivity index (χ0v) is 18.9. The summed E-state index contributed by atoms with van der Waals surface area (Å²) in [5.41, 5.74) is 2.97. The number of amides is 2. The average Bonchev–Trinajstić information content (AvgIpc) is 3.30. The lowest BCUT2D eigenvalue weighted by Gasteiger charge is -2.19. The van der Waals surface area contributed by atoms with Gasteiger partial charge in [-0.15, -0.1) is 11.8 Å². The van der Waals surface area contributed by atoms with Crippen molar-refractivity contribution in [3.63, 3.8) is 0 Å². The highest BCUT2D eigenvalue weighted by Gasteiger charge is 2.29. The summed E-state index contributed by atoms with van der Waals surface area (Å²) in [6.45, 7) is 1.87. The molecule has 2 amide bonds. The Labute approximate surface area is 194 Å². The summed E-state index contributed by atoms with van der Waals surface area (Å²) in [5, 5.41) is 13.1. The van der Waals surface area contributed by atoms with E-state index in [4.69, 9.17) is 16.9 Å². The molecule has 3 aromatic rings. The van der Waals surface area contributed by atoms with Crippen LogP contribution in [0.3, 0.4) is 0 Å². The van der Waals surface area contributed by atoms with Gasteiger partial charge >= 0.3 is 0 Å². The maximum Gasteiger partial charge on any atom is 0.252 e. The van der Waals surface area contributed by atoms with Gasteiger partial charge in [0.2, 0.25) is 5.91 Å². The molecule has 9 heteroatoms. The van der Waals surface area contributed by atoms with Gasteiger partial charge in [0, 0.05) is 35.1 Å². The minimum atomic E-state index is -0.448. The number of nitrogens with zero attached hydrogens (tertiary/aromatic N) is 4. The van der Waals surface area contributed by atoms with Gasteiger partial charge in [-0.2, -0.15) is 5.26 Å². The smallest absolute Gasteiger partial charge is 0.252 e. The summed E-state index contributed by atoms with van der Waals surface area (Å²) < 4.78 is 0. The van der Waals surface area contributed by atoms with Gasteiger partial charge in [-0.3, -0.25) is 19.6 Å². The van der Waals surface area contributed by atoms with Crippen molar-refractivity contribution in [2.45, 2.75) is 18.9 Å². The number of aromatic nitrogens is 2. The fraction of sp³-hybridized carbons (Fsp3) is 0.261. The second kappa shape index (κ2) is 9.55. The molecule has 0 aliphatic carbocycles. The van der Waals surface area contributed by atoms with E-state index < -0.39 is 6.04 Å². The first-order chi connectivity index (χ1) is 15.5. The largest absolute Gasteiger partial charge is 0.343 e. The maximum atomic E-state index is 12.9. The number of nitriles is 1. The van der Waals surface area contributed by atoms with Gasteiger partial charge in [-0.05, 0) is 35.9 Å². The minimum absolute atomic E-state index is 0.00931. The summed E-state index contributed by atoms with van der Waals surface area (Å²) >= 11 is 7.47. The van der Waals surface area contributed by atoms with Crippen LogP contribution in [0.25, 0.3) is 10.9 Å². The number of pyridine rings is 2. The molecule has 32 heavy (non-hydrogen) atoms. The zero-order chi connectivity index (χ0) is 22.7. The predicted octanol–water partition coefficient (Wildman–Crippen LogP) is 3.59. The lowest BCUT2D eigenvalue weighted by molar-refractivity contribution is -0.129. The van der Waals surface area contributed by atoms with E-state index in [2.05, 4.69) is 21.4 Å². The fourth-order valence-electron chi connectivity index (χ4n) is 3.59. The predicted molar refractivity (Wildman–Crippen MR) is 124 cm³/mol. The molecule has 162 valence electrons. The van der Waals surface area contributed by atoms with Crippen molar-refractivity contribution in [3.8, 4) is 6.07 Å². The molecule has 1 N–H and O–H groups in total. The Hall–Kier alpha value is -3.15. The number of fused-ring (bicyclic) bond motifs is 1. The molecule has 1 unspecified atom stereocenters. The van der Waals surface area contributed by atoms with Crippen LogP contribution < -0.4 is 5.32 Å². The topological polar surface area (TPSA) is 99.0 Å². The number of halogens is 1. The van der Waals surface area contributed by atoms with Crippen molar-refractivity contribution in [3.05, 3.63) is 70.6 Å². The van der Waals surface area contributed by atoms with Crippen LogP contribution in [0, 0.1) is 11.3 Å². The molecule has 1 aliphatic heterocycles. The third kappa shape index (κ3) is 4.54. The monoisotopic (exact) mass is 465 g/mol. The molecule has 0 radical (unpaired) electrons. The van der Waals surface area contributed by atoms with E-state index >= 15 is 0 Å². The second-order valence-electron chi connectivity index (χ2n) is 7.45. The third-order valence-corrected chi connectivity index (χ3v) is 6.69. The van der Waals surface area contributed by atoms with Crippen LogP contribution in [-0.4, -0.2) is 50.9 Å². The van der Waals surface area contributed by atoms with Crippen molar-refractivity contribution in [2.75, 3.05) is 18.2 Å². The summed E-state index contributed by atoms with van der Waals surface area (Å²) in [4.78, 5) is 35.6. The number of carbonyl (C=O) groups excluding carboxylic acids is 2. The molecular weight excluding hydrogens is 446 g/mol. The third-order valence-electron chi connectivity index (χ3n) is 5.46. The van der Waals surface area contributed by atoms with Crippen LogP contribution in [0.5, 0.6) is 0 Å². The number of hydrogen-bond acceptors (Lipinski definition) is 6. The van der Waals surface area contributed by atoms with Crippen molar-refractivity contribution >= 4 is 46.1 Å². The molecule has 1 aliphatic rings. The molecule has 0 spiro atoms. The Morgan fingerprint density at radius 3 is 2.91 bits per heavy atom. The van der Waals surface area contributed by atoms with Crippen LogP contribution in [0.2, 0.25) is 5.02 Å². The summed E-state index contributed by atoms with van der Waals surface area (Å²) in [6, 6.07) is 12.8. The summed E-state index contributed by atoms with van der Waals surface area (Å²) in [7, 11) is 0. The van der Waals surface area contributed by atoms with E-state index in [-0.39, 0.29) is 24.3 Å². The molecule has 4 rings (SSSR count). The number of rotatable bonds is 5. The quantitative estimate of drug-likeness (QED) is 0.618. The van der Waals surface area contributed by atoms with Crippen LogP contribution in [0.4, 0.5) is 0 Å². The van der Waals surface area contributed by atoms with Crippen molar-refractivity contribution < 1.29 is 9.59 Å². The van der Waals surface area contributed by atoms with E-state index in [1.807, 2.05) is 31.2 Å². The Morgan fingerprint density at radius 1 is 1.31 bits per heavy atom. The van der Waals surface area contributed by atoms with E-state index in [1.54, 1.807) is 24.5 Å². The SMILES string of the molecule is CC(c1ccc2nccc(C(=O)NCC(=O)N3CSC[C@H]3C#N)c2c1)c1ccc(Cl)cn1. The lowest BCUT2D eigenvalue weighted by atomic mass is 9.94. The molecule has 2 aromatic heterocycles. The van der Waals surface area contributed by atoms with Gasteiger partial charge in [-0.25, -0.2) is 0 Å². The van der Waals surface area contributed by atoms with Crippen molar-refractivity contribution in [2.24, 2.45) is 0 Å². The second-order valence-corrected chi connectivity index (χ2v) is 8.89. The maximum absolute atomic E-state index is 12.9.